The predicted molar refractivity (Wildman–Crippen MR) is 106 cm³/mol. The lowest BCUT2D eigenvalue weighted by atomic mass is 9.82. The fourth-order valence-corrected chi connectivity index (χ4v) is 4.60. The maximum Gasteiger partial charge on any atom is 0.110 e. The average molecular weight is 358 g/mol. The fourth-order valence-electron chi connectivity index (χ4n) is 4.60. The molecule has 25 heavy (non-hydrogen) atoms. The molecule has 0 N–H and O–H groups in total. The molecule has 1 aliphatic carbocycles. The Morgan fingerprint density at radius 1 is 1.04 bits per heavy atom. The number of halogens is 1. The average Bonchev–Trinajstić information content (AvgIpc) is 3.06. The first-order chi connectivity index (χ1) is 11.8. The predicted octanol–water partition coefficient (Wildman–Crippen LogP) is 4.99. The Hall–Kier alpha value is -1.35. The molecule has 1 aliphatic heterocycles. The summed E-state index contributed by atoms with van der Waals surface area (Å²) in [7, 11) is 1.86. The van der Waals surface area contributed by atoms with Crippen LogP contribution in [0, 0.1) is 0 Å². The van der Waals surface area contributed by atoms with Crippen LogP contribution in [0.5, 0.6) is 0 Å². The number of rotatable bonds is 4. The summed E-state index contributed by atoms with van der Waals surface area (Å²) in [4.78, 5) is 2.57. The Kier molecular flexibility index (Phi) is 6.16. The normalized spacial score (nSPS) is 26.0. The molecule has 1 fully saturated rings. The number of likely N-dealkylation sites (tertiary alicyclic amines) is 1. The summed E-state index contributed by atoms with van der Waals surface area (Å²) in [6.07, 6.45) is 5.22. The molecular weight excluding hydrogens is 330 g/mol. The molecule has 1 saturated heterocycles. The van der Waals surface area contributed by atoms with E-state index in [-0.39, 0.29) is 18.6 Å². The molecule has 1 heterocycles. The van der Waals surface area contributed by atoms with Crippen molar-refractivity contribution >= 4 is 12.4 Å². The Balaban J connectivity index is 0.00000182. The number of ether oxygens (including phenoxy) is 1. The number of aryl methyl sites for hydroxylation is 1. The lowest BCUT2D eigenvalue weighted by Gasteiger charge is -2.31. The highest BCUT2D eigenvalue weighted by molar-refractivity contribution is 5.85. The molecule has 2 aliphatic rings. The first-order valence-electron chi connectivity index (χ1n) is 9.24. The Labute approximate surface area is 157 Å². The minimum atomic E-state index is 0. The minimum Gasteiger partial charge on any atom is -0.366 e. The SMILES string of the molecule is COC1CC(c2ccccc2)CN1CC1CCCc2ccccc21.Cl. The summed E-state index contributed by atoms with van der Waals surface area (Å²) in [5, 5.41) is 0. The van der Waals surface area contributed by atoms with Crippen molar-refractivity contribution in [3.05, 3.63) is 71.3 Å². The first-order valence-corrected chi connectivity index (χ1v) is 9.24. The van der Waals surface area contributed by atoms with Crippen molar-refractivity contribution in [1.82, 2.24) is 4.90 Å². The van der Waals surface area contributed by atoms with Gasteiger partial charge in [-0.1, -0.05) is 54.6 Å². The third-order valence-corrected chi connectivity index (χ3v) is 5.84. The third-order valence-electron chi connectivity index (χ3n) is 5.84. The largest absolute Gasteiger partial charge is 0.366 e. The highest BCUT2D eigenvalue weighted by atomic mass is 35.5. The van der Waals surface area contributed by atoms with Crippen molar-refractivity contribution in [2.75, 3.05) is 20.2 Å². The van der Waals surface area contributed by atoms with Gasteiger partial charge >= 0.3 is 0 Å². The molecule has 0 saturated carbocycles. The van der Waals surface area contributed by atoms with Crippen LogP contribution in [0.25, 0.3) is 0 Å². The van der Waals surface area contributed by atoms with Crippen LogP contribution in [-0.4, -0.2) is 31.3 Å². The van der Waals surface area contributed by atoms with E-state index >= 15 is 0 Å². The van der Waals surface area contributed by atoms with E-state index in [0.29, 0.717) is 11.8 Å². The molecule has 2 aromatic carbocycles. The van der Waals surface area contributed by atoms with E-state index in [9.17, 15) is 0 Å². The van der Waals surface area contributed by atoms with Crippen molar-refractivity contribution < 1.29 is 4.74 Å². The zero-order valence-corrected chi connectivity index (χ0v) is 15.8. The lowest BCUT2D eigenvalue weighted by molar-refractivity contribution is -0.00741. The van der Waals surface area contributed by atoms with Gasteiger partial charge in [0.2, 0.25) is 0 Å². The zero-order valence-electron chi connectivity index (χ0n) is 14.9. The summed E-state index contributed by atoms with van der Waals surface area (Å²) in [5.74, 6) is 1.25. The van der Waals surface area contributed by atoms with E-state index in [1.165, 1.54) is 24.8 Å². The first kappa shape index (κ1) is 18.4. The molecule has 2 nitrogen and oxygen atoms in total. The maximum atomic E-state index is 5.83. The van der Waals surface area contributed by atoms with E-state index in [2.05, 4.69) is 59.5 Å². The van der Waals surface area contributed by atoms with Gasteiger partial charge in [-0.3, -0.25) is 4.90 Å². The quantitative estimate of drug-likeness (QED) is 0.764. The van der Waals surface area contributed by atoms with Crippen LogP contribution in [0.2, 0.25) is 0 Å². The maximum absolute atomic E-state index is 5.83. The van der Waals surface area contributed by atoms with Crippen LogP contribution >= 0.6 is 12.4 Å². The molecule has 0 radical (unpaired) electrons. The van der Waals surface area contributed by atoms with E-state index < -0.39 is 0 Å². The van der Waals surface area contributed by atoms with Gasteiger partial charge in [0.1, 0.15) is 6.23 Å². The molecule has 134 valence electrons. The fraction of sp³-hybridized carbons (Fsp3) is 0.455. The number of nitrogens with zero attached hydrogens (tertiary/aromatic N) is 1. The number of hydrogen-bond acceptors (Lipinski definition) is 2. The van der Waals surface area contributed by atoms with Crippen molar-refractivity contribution in [3.8, 4) is 0 Å². The van der Waals surface area contributed by atoms with Gasteiger partial charge in [-0.05, 0) is 48.3 Å². The molecule has 2 aromatic rings. The molecule has 3 heteroatoms. The van der Waals surface area contributed by atoms with Gasteiger partial charge in [-0.15, -0.1) is 12.4 Å². The van der Waals surface area contributed by atoms with Crippen LogP contribution in [0.3, 0.4) is 0 Å². The lowest BCUT2D eigenvalue weighted by Crippen LogP contribution is -2.35. The van der Waals surface area contributed by atoms with Gasteiger partial charge in [0, 0.05) is 26.1 Å². The molecule has 4 rings (SSSR count). The summed E-state index contributed by atoms with van der Waals surface area (Å²) in [6.45, 7) is 2.24. The van der Waals surface area contributed by atoms with Gasteiger partial charge < -0.3 is 4.74 Å². The minimum absolute atomic E-state index is 0. The number of fused-ring (bicyclic) bond motifs is 1. The smallest absolute Gasteiger partial charge is 0.110 e. The Bertz CT molecular complexity index is 675. The van der Waals surface area contributed by atoms with Crippen molar-refractivity contribution in [2.24, 2.45) is 0 Å². The van der Waals surface area contributed by atoms with Gasteiger partial charge in [0.15, 0.2) is 0 Å². The summed E-state index contributed by atoms with van der Waals surface area (Å²) < 4.78 is 5.83. The second-order valence-electron chi connectivity index (χ2n) is 7.28. The van der Waals surface area contributed by atoms with E-state index in [1.54, 1.807) is 11.1 Å². The monoisotopic (exact) mass is 357 g/mol. The number of benzene rings is 2. The molecule has 3 unspecified atom stereocenters. The molecule has 3 atom stereocenters. The summed E-state index contributed by atoms with van der Waals surface area (Å²) in [6, 6.07) is 19.9. The van der Waals surface area contributed by atoms with Crippen LogP contribution < -0.4 is 0 Å². The van der Waals surface area contributed by atoms with Crippen LogP contribution in [-0.2, 0) is 11.2 Å². The molecule has 0 bridgehead atoms. The highest BCUT2D eigenvalue weighted by Crippen LogP contribution is 2.37. The second-order valence-corrected chi connectivity index (χ2v) is 7.28. The van der Waals surface area contributed by atoms with Gasteiger partial charge in [-0.2, -0.15) is 0 Å². The Morgan fingerprint density at radius 2 is 1.80 bits per heavy atom. The van der Waals surface area contributed by atoms with Gasteiger partial charge in [0.25, 0.3) is 0 Å². The number of methoxy groups -OCH3 is 1. The molecule has 0 amide bonds. The van der Waals surface area contributed by atoms with Crippen LogP contribution in [0.15, 0.2) is 54.6 Å². The van der Waals surface area contributed by atoms with Crippen LogP contribution in [0.1, 0.15) is 47.8 Å². The molecule has 0 aromatic heterocycles. The van der Waals surface area contributed by atoms with E-state index in [4.69, 9.17) is 4.74 Å². The van der Waals surface area contributed by atoms with E-state index in [0.717, 1.165) is 19.5 Å². The summed E-state index contributed by atoms with van der Waals surface area (Å²) in [5.41, 5.74) is 4.58. The van der Waals surface area contributed by atoms with Crippen molar-refractivity contribution in [3.63, 3.8) is 0 Å². The zero-order chi connectivity index (χ0) is 16.4. The standard InChI is InChI=1S/C22H27NO.ClH/c1-24-22-14-20(17-8-3-2-4-9-17)16-23(22)15-19-12-7-11-18-10-5-6-13-21(18)19;/h2-6,8-10,13,19-20,22H,7,11-12,14-16H2,1H3;1H. The molecule has 0 spiro atoms. The topological polar surface area (TPSA) is 12.5 Å². The Morgan fingerprint density at radius 3 is 2.60 bits per heavy atom. The summed E-state index contributed by atoms with van der Waals surface area (Å²) >= 11 is 0. The van der Waals surface area contributed by atoms with E-state index in [1.807, 2.05) is 7.11 Å². The highest BCUT2D eigenvalue weighted by Gasteiger charge is 2.35. The van der Waals surface area contributed by atoms with Crippen LogP contribution in [0.4, 0.5) is 0 Å². The van der Waals surface area contributed by atoms with Crippen molar-refractivity contribution in [1.29, 1.82) is 0 Å². The van der Waals surface area contributed by atoms with Gasteiger partial charge in [-0.25, -0.2) is 0 Å². The van der Waals surface area contributed by atoms with Gasteiger partial charge in [0.05, 0.1) is 0 Å². The second kappa shape index (κ2) is 8.35. The third kappa shape index (κ3) is 3.92. The molecular formula is C22H28ClNO. The number of hydrogen-bond donors (Lipinski definition) is 0. The van der Waals surface area contributed by atoms with Crippen molar-refractivity contribution in [2.45, 2.75) is 43.7 Å².